The van der Waals surface area contributed by atoms with E-state index in [1.807, 2.05) is 6.07 Å². The van der Waals surface area contributed by atoms with Crippen LogP contribution in [0.3, 0.4) is 0 Å². The van der Waals surface area contributed by atoms with Gasteiger partial charge in [-0.25, -0.2) is 4.79 Å². The van der Waals surface area contributed by atoms with Gasteiger partial charge in [-0.05, 0) is 48.7 Å². The van der Waals surface area contributed by atoms with Crippen molar-refractivity contribution in [1.82, 2.24) is 4.98 Å². The molecule has 3 heterocycles. The average Bonchev–Trinajstić information content (AvgIpc) is 3.31. The van der Waals surface area contributed by atoms with Gasteiger partial charge in [-0.2, -0.15) is 0 Å². The van der Waals surface area contributed by atoms with Gasteiger partial charge in [-0.3, -0.25) is 4.98 Å². The van der Waals surface area contributed by atoms with Crippen molar-refractivity contribution in [1.29, 1.82) is 0 Å². The van der Waals surface area contributed by atoms with Crippen molar-refractivity contribution >= 4 is 34.0 Å². The average molecular weight is 431 g/mol. The van der Waals surface area contributed by atoms with E-state index >= 15 is 0 Å². The Hall–Kier alpha value is -4.00. The minimum Gasteiger partial charge on any atom is -0.493 e. The Morgan fingerprint density at radius 1 is 1.12 bits per heavy atom. The number of aryl methyl sites for hydroxylation is 1. The predicted molar refractivity (Wildman–Crippen MR) is 125 cm³/mol. The summed E-state index contributed by atoms with van der Waals surface area (Å²) in [5.41, 5.74) is 5.21. The molecule has 1 aliphatic rings. The van der Waals surface area contributed by atoms with Crippen molar-refractivity contribution in [3.8, 4) is 5.75 Å². The van der Waals surface area contributed by atoms with Crippen molar-refractivity contribution < 1.29 is 19.1 Å². The van der Waals surface area contributed by atoms with Crippen LogP contribution in [-0.2, 0) is 6.42 Å². The predicted octanol–water partition coefficient (Wildman–Crippen LogP) is 5.35. The second-order valence-corrected chi connectivity index (χ2v) is 7.42. The molecular weight excluding hydrogens is 406 g/mol. The van der Waals surface area contributed by atoms with Crippen LogP contribution in [0.4, 0.5) is 17.1 Å². The maximum Gasteiger partial charge on any atom is 0.337 e. The monoisotopic (exact) mass is 431 g/mol. The lowest BCUT2D eigenvalue weighted by Crippen LogP contribution is -2.12. The Morgan fingerprint density at radius 2 is 1.94 bits per heavy atom. The molecule has 7 heteroatoms. The normalized spacial score (nSPS) is 12.2. The molecule has 0 bridgehead atoms. The number of fused-ring (bicyclic) bond motifs is 2. The number of pyridine rings is 1. The van der Waals surface area contributed by atoms with Crippen molar-refractivity contribution in [2.45, 2.75) is 12.8 Å². The fourth-order valence-corrected chi connectivity index (χ4v) is 3.62. The zero-order valence-electron chi connectivity index (χ0n) is 18.0. The number of aromatic carboxylic acids is 1. The maximum absolute atomic E-state index is 10.5. The smallest absolute Gasteiger partial charge is 0.337 e. The molecule has 1 aliphatic heterocycles. The molecule has 0 fully saturated rings. The van der Waals surface area contributed by atoms with Crippen LogP contribution in [0.15, 0.2) is 71.6 Å². The highest BCUT2D eigenvalue weighted by Gasteiger charge is 2.13. The molecule has 2 N–H and O–H groups in total. The summed E-state index contributed by atoms with van der Waals surface area (Å²) >= 11 is 0. The lowest BCUT2D eigenvalue weighted by molar-refractivity contribution is 0.0698. The number of hydrogen-bond acceptors (Lipinski definition) is 6. The fourth-order valence-electron chi connectivity index (χ4n) is 3.62. The zero-order valence-corrected chi connectivity index (χ0v) is 18.0. The largest absolute Gasteiger partial charge is 0.493 e. The summed E-state index contributed by atoms with van der Waals surface area (Å²) in [4.78, 5) is 16.4. The summed E-state index contributed by atoms with van der Waals surface area (Å²) in [7, 11) is 3.72. The highest BCUT2D eigenvalue weighted by molar-refractivity contribution is 5.93. The second kappa shape index (κ2) is 9.43. The van der Waals surface area contributed by atoms with Crippen molar-refractivity contribution in [2.24, 2.45) is 0 Å². The van der Waals surface area contributed by atoms with E-state index < -0.39 is 5.97 Å². The van der Waals surface area contributed by atoms with Crippen molar-refractivity contribution in [3.05, 3.63) is 78.3 Å². The highest BCUT2D eigenvalue weighted by atomic mass is 16.5. The lowest BCUT2D eigenvalue weighted by Gasteiger charge is -2.23. The van der Waals surface area contributed by atoms with E-state index in [0.29, 0.717) is 5.69 Å². The van der Waals surface area contributed by atoms with E-state index in [9.17, 15) is 4.79 Å². The number of benzene rings is 2. The van der Waals surface area contributed by atoms with Crippen LogP contribution in [0.25, 0.3) is 11.0 Å². The number of hydrogen-bond donors (Lipinski definition) is 2. The van der Waals surface area contributed by atoms with Crippen LogP contribution < -0.4 is 15.0 Å². The molecule has 2 aromatic heterocycles. The van der Waals surface area contributed by atoms with Gasteiger partial charge >= 0.3 is 5.97 Å². The number of carboxylic acids is 1. The Balaban J connectivity index is 0.000000189. The van der Waals surface area contributed by atoms with Crippen LogP contribution in [0.5, 0.6) is 5.75 Å². The highest BCUT2D eigenvalue weighted by Crippen LogP contribution is 2.33. The zero-order chi connectivity index (χ0) is 22.5. The maximum atomic E-state index is 10.5. The number of anilines is 3. The summed E-state index contributed by atoms with van der Waals surface area (Å²) in [6.45, 7) is 0.818. The van der Waals surface area contributed by atoms with Gasteiger partial charge in [-0.15, -0.1) is 0 Å². The molecule has 32 heavy (non-hydrogen) atoms. The topological polar surface area (TPSA) is 87.8 Å². The van der Waals surface area contributed by atoms with Gasteiger partial charge in [-0.1, -0.05) is 6.07 Å². The molecule has 0 amide bonds. The first kappa shape index (κ1) is 21.2. The summed E-state index contributed by atoms with van der Waals surface area (Å²) < 4.78 is 11.2. The quantitative estimate of drug-likeness (QED) is 0.450. The van der Waals surface area contributed by atoms with E-state index in [-0.39, 0.29) is 5.56 Å². The number of nitrogens with one attached hydrogen (secondary N) is 1. The van der Waals surface area contributed by atoms with Gasteiger partial charge < -0.3 is 24.5 Å². The molecule has 0 atom stereocenters. The Morgan fingerprint density at radius 3 is 2.72 bits per heavy atom. The molecule has 5 rings (SSSR count). The third kappa shape index (κ3) is 4.51. The van der Waals surface area contributed by atoms with Gasteiger partial charge in [0, 0.05) is 49.2 Å². The van der Waals surface area contributed by atoms with Crippen LogP contribution in [0.1, 0.15) is 22.3 Å². The standard InChI is InChI=1S/C18H17NO2.C7H8N2O2/c1-19(16-7-5-14-8-10-21-18(14)12-16)15-6-4-13-3-2-9-20-17(13)11-15;1-8-6-4-9-3-2-5(6)7(10)11/h4-8,10-12H,2-3,9H2,1H3;2-4,8H,1H3,(H,10,11). The van der Waals surface area contributed by atoms with E-state index in [4.69, 9.17) is 14.3 Å². The Labute approximate surface area is 186 Å². The van der Waals surface area contributed by atoms with Crippen molar-refractivity contribution in [2.75, 3.05) is 30.9 Å². The van der Waals surface area contributed by atoms with Crippen molar-refractivity contribution in [3.63, 3.8) is 0 Å². The third-order valence-electron chi connectivity index (χ3n) is 5.43. The minimum absolute atomic E-state index is 0.238. The number of ether oxygens (including phenoxy) is 1. The summed E-state index contributed by atoms with van der Waals surface area (Å²) in [5, 5.41) is 12.5. The summed E-state index contributed by atoms with van der Waals surface area (Å²) in [6.07, 6.45) is 6.87. The molecule has 164 valence electrons. The summed E-state index contributed by atoms with van der Waals surface area (Å²) in [5.74, 6) is 0.0708. The molecule has 0 unspecified atom stereocenters. The number of carbonyl (C=O) groups is 1. The molecule has 7 nitrogen and oxygen atoms in total. The lowest BCUT2D eigenvalue weighted by atomic mass is 10.1. The molecule has 0 aliphatic carbocycles. The molecule has 4 aromatic rings. The Kier molecular flexibility index (Phi) is 6.26. The van der Waals surface area contributed by atoms with Crippen LogP contribution in [-0.4, -0.2) is 36.8 Å². The number of nitrogens with zero attached hydrogens (tertiary/aromatic N) is 2. The molecule has 0 saturated carbocycles. The number of rotatable bonds is 4. The number of carboxylic acid groups (broad SMARTS) is 1. The molecule has 0 radical (unpaired) electrons. The first-order chi connectivity index (χ1) is 15.6. The molecule has 0 saturated heterocycles. The third-order valence-corrected chi connectivity index (χ3v) is 5.43. The SMILES string of the molecule is CN(c1ccc2c(c1)OCCC2)c1ccc2ccoc2c1.CNc1cnccc1C(=O)O. The van der Waals surface area contributed by atoms with E-state index in [0.717, 1.165) is 47.5 Å². The first-order valence-corrected chi connectivity index (χ1v) is 10.4. The van der Waals surface area contributed by atoms with Gasteiger partial charge in [0.2, 0.25) is 0 Å². The molecular formula is C25H25N3O4. The molecule has 2 aromatic carbocycles. The van der Waals surface area contributed by atoms with Gasteiger partial charge in [0.15, 0.2) is 0 Å². The number of aromatic nitrogens is 1. The second-order valence-electron chi connectivity index (χ2n) is 7.42. The van der Waals surface area contributed by atoms with E-state index in [1.165, 1.54) is 24.0 Å². The van der Waals surface area contributed by atoms with E-state index in [2.05, 4.69) is 58.6 Å². The molecule has 0 spiro atoms. The Bertz CT molecular complexity index is 1230. The fraction of sp³-hybridized carbons (Fsp3) is 0.200. The van der Waals surface area contributed by atoms with Crippen LogP contribution in [0.2, 0.25) is 0 Å². The van der Waals surface area contributed by atoms with Gasteiger partial charge in [0.1, 0.15) is 11.3 Å². The minimum atomic E-state index is -0.947. The van der Waals surface area contributed by atoms with Gasteiger partial charge in [0.05, 0.1) is 30.3 Å². The van der Waals surface area contributed by atoms with Gasteiger partial charge in [0.25, 0.3) is 0 Å². The van der Waals surface area contributed by atoms with E-state index in [1.54, 1.807) is 13.3 Å². The summed E-state index contributed by atoms with van der Waals surface area (Å²) in [6, 6.07) is 16.1. The number of furan rings is 1. The van der Waals surface area contributed by atoms with Crippen LogP contribution >= 0.6 is 0 Å². The van der Waals surface area contributed by atoms with Crippen LogP contribution in [0, 0.1) is 0 Å². The first-order valence-electron chi connectivity index (χ1n) is 10.4.